The van der Waals surface area contributed by atoms with Crippen LogP contribution in [0.15, 0.2) is 24.3 Å². The highest BCUT2D eigenvalue weighted by molar-refractivity contribution is 7.98. The quantitative estimate of drug-likeness (QED) is 0.433. The topological polar surface area (TPSA) is 87.7 Å². The van der Waals surface area contributed by atoms with E-state index in [-0.39, 0.29) is 6.04 Å². The van der Waals surface area contributed by atoms with Crippen molar-refractivity contribution in [2.45, 2.75) is 71.7 Å². The average Bonchev–Trinajstić information content (AvgIpc) is 2.67. The van der Waals surface area contributed by atoms with E-state index in [9.17, 15) is 14.4 Å². The molecule has 0 saturated heterocycles. The summed E-state index contributed by atoms with van der Waals surface area (Å²) in [6, 6.07) is 7.52. The maximum absolute atomic E-state index is 13.5. The van der Waals surface area contributed by atoms with Gasteiger partial charge in [0.1, 0.15) is 17.7 Å². The summed E-state index contributed by atoms with van der Waals surface area (Å²) in [5.74, 6) is -0.328. The molecule has 1 rings (SSSR count). The van der Waals surface area contributed by atoms with Crippen LogP contribution in [0.5, 0.6) is 0 Å². The van der Waals surface area contributed by atoms with Crippen LogP contribution in [0.4, 0.5) is 4.79 Å². The Morgan fingerprint density at radius 3 is 2.22 bits per heavy atom. The Bertz CT molecular complexity index is 825. The molecule has 2 unspecified atom stereocenters. The Morgan fingerprint density at radius 1 is 1.16 bits per heavy atom. The predicted octanol–water partition coefficient (Wildman–Crippen LogP) is 3.63. The molecule has 0 radical (unpaired) electrons. The number of thioether (sulfide) groups is 1. The van der Waals surface area contributed by atoms with Gasteiger partial charge in [0.15, 0.2) is 0 Å². The normalized spacial score (nSPS) is 13.0. The number of hydrogen-bond donors (Lipinski definition) is 2. The van der Waals surface area contributed by atoms with Gasteiger partial charge in [0.25, 0.3) is 5.91 Å². The molecular weight excluding hydrogens is 426 g/mol. The molecular formula is C24H35N3O4S. The first-order chi connectivity index (χ1) is 14.9. The number of aryl methyl sites for hydroxylation is 1. The first kappa shape index (κ1) is 27.4. The number of terminal acetylenes is 1. The summed E-state index contributed by atoms with van der Waals surface area (Å²) in [5, 5.41) is 5.46. The molecule has 7 nitrogen and oxygen atoms in total. The van der Waals surface area contributed by atoms with Crippen molar-refractivity contribution in [2.24, 2.45) is 0 Å². The van der Waals surface area contributed by atoms with E-state index in [1.165, 1.54) is 11.8 Å². The molecule has 0 aliphatic carbocycles. The van der Waals surface area contributed by atoms with E-state index in [2.05, 4.69) is 16.7 Å². The van der Waals surface area contributed by atoms with E-state index in [1.54, 1.807) is 32.9 Å². The number of carbonyl (C=O) groups is 3. The van der Waals surface area contributed by atoms with E-state index < -0.39 is 35.6 Å². The van der Waals surface area contributed by atoms with Crippen LogP contribution in [0.2, 0.25) is 0 Å². The van der Waals surface area contributed by atoms with Crippen LogP contribution in [0.1, 0.15) is 58.2 Å². The van der Waals surface area contributed by atoms with Gasteiger partial charge in [0.2, 0.25) is 5.91 Å². The lowest BCUT2D eigenvalue weighted by Crippen LogP contribution is -2.52. The lowest BCUT2D eigenvalue weighted by atomic mass is 10.0. The van der Waals surface area contributed by atoms with Gasteiger partial charge in [-0.3, -0.25) is 14.5 Å². The van der Waals surface area contributed by atoms with Gasteiger partial charge in [-0.1, -0.05) is 36.3 Å². The largest absolute Gasteiger partial charge is 0.444 e. The lowest BCUT2D eigenvalue weighted by Gasteiger charge is -2.31. The molecule has 0 aromatic heterocycles. The molecule has 8 heteroatoms. The Balaban J connectivity index is 3.30. The van der Waals surface area contributed by atoms with E-state index in [0.29, 0.717) is 17.7 Å². The summed E-state index contributed by atoms with van der Waals surface area (Å²) in [5.41, 5.74) is 0.880. The molecule has 1 aromatic rings. The molecule has 176 valence electrons. The van der Waals surface area contributed by atoms with Gasteiger partial charge in [-0.15, -0.1) is 0 Å². The van der Waals surface area contributed by atoms with Crippen LogP contribution in [-0.4, -0.2) is 52.5 Å². The molecule has 0 spiro atoms. The Morgan fingerprint density at radius 2 is 1.75 bits per heavy atom. The minimum atomic E-state index is -1.03. The molecule has 2 N–H and O–H groups in total. The number of rotatable bonds is 9. The van der Waals surface area contributed by atoms with Crippen molar-refractivity contribution in [3.63, 3.8) is 0 Å². The number of nitrogens with zero attached hydrogens (tertiary/aromatic N) is 1. The van der Waals surface area contributed by atoms with Crippen LogP contribution in [0.25, 0.3) is 0 Å². The molecule has 0 saturated carbocycles. The van der Waals surface area contributed by atoms with E-state index in [0.717, 1.165) is 10.5 Å². The smallest absolute Gasteiger partial charge is 0.408 e. The van der Waals surface area contributed by atoms with Gasteiger partial charge in [-0.25, -0.2) is 4.79 Å². The number of alkyl carbamates (subject to hydrolysis) is 1. The summed E-state index contributed by atoms with van der Waals surface area (Å²) >= 11 is 1.53. The van der Waals surface area contributed by atoms with Gasteiger partial charge < -0.3 is 15.4 Å². The number of hydrogen-bond acceptors (Lipinski definition) is 5. The SMILES string of the molecule is C#CN(C(=O)C(CCSC)NC(=O)OC(C)(C)C)C(C(=O)NC(C)C)c1ccc(C)cc1. The second-order valence-electron chi connectivity index (χ2n) is 8.79. The van der Waals surface area contributed by atoms with Crippen LogP contribution < -0.4 is 10.6 Å². The minimum Gasteiger partial charge on any atom is -0.444 e. The first-order valence-electron chi connectivity index (χ1n) is 10.5. The molecule has 0 aliphatic rings. The highest BCUT2D eigenvalue weighted by atomic mass is 32.2. The summed E-state index contributed by atoms with van der Waals surface area (Å²) < 4.78 is 5.31. The van der Waals surface area contributed by atoms with Gasteiger partial charge in [-0.05, 0) is 65.5 Å². The summed E-state index contributed by atoms with van der Waals surface area (Å²) in [7, 11) is 0. The Kier molecular flexibility index (Phi) is 10.6. The number of carbonyl (C=O) groups excluding carboxylic acids is 3. The van der Waals surface area contributed by atoms with Gasteiger partial charge in [-0.2, -0.15) is 11.8 Å². The van der Waals surface area contributed by atoms with Crippen molar-refractivity contribution in [3.05, 3.63) is 35.4 Å². The summed E-state index contributed by atoms with van der Waals surface area (Å²) in [6.45, 7) is 10.8. The molecule has 0 aliphatic heterocycles. The Labute approximate surface area is 196 Å². The van der Waals surface area contributed by atoms with Gasteiger partial charge >= 0.3 is 6.09 Å². The third-order valence-electron chi connectivity index (χ3n) is 4.31. The van der Waals surface area contributed by atoms with E-state index in [4.69, 9.17) is 11.2 Å². The first-order valence-corrected chi connectivity index (χ1v) is 11.9. The number of ether oxygens (including phenoxy) is 1. The second-order valence-corrected chi connectivity index (χ2v) is 9.78. The minimum absolute atomic E-state index is 0.141. The molecule has 0 heterocycles. The molecule has 0 bridgehead atoms. The Hall–Kier alpha value is -2.66. The highest BCUT2D eigenvalue weighted by Crippen LogP contribution is 2.23. The molecule has 32 heavy (non-hydrogen) atoms. The van der Waals surface area contributed by atoms with Crippen molar-refractivity contribution < 1.29 is 19.1 Å². The van der Waals surface area contributed by atoms with E-state index >= 15 is 0 Å². The number of amides is 3. The van der Waals surface area contributed by atoms with Gasteiger partial charge in [0.05, 0.1) is 0 Å². The fraction of sp³-hybridized carbons (Fsp3) is 0.542. The molecule has 0 fully saturated rings. The zero-order valence-corrected chi connectivity index (χ0v) is 20.8. The summed E-state index contributed by atoms with van der Waals surface area (Å²) in [6.07, 6.45) is 7.26. The van der Waals surface area contributed by atoms with Crippen LogP contribution >= 0.6 is 11.8 Å². The number of nitrogens with one attached hydrogen (secondary N) is 2. The predicted molar refractivity (Wildman–Crippen MR) is 129 cm³/mol. The monoisotopic (exact) mass is 461 g/mol. The highest BCUT2D eigenvalue weighted by Gasteiger charge is 2.35. The second kappa shape index (κ2) is 12.4. The lowest BCUT2D eigenvalue weighted by molar-refractivity contribution is -0.138. The molecule has 2 atom stereocenters. The van der Waals surface area contributed by atoms with Crippen LogP contribution in [-0.2, 0) is 14.3 Å². The van der Waals surface area contributed by atoms with Crippen molar-refractivity contribution in [1.82, 2.24) is 15.5 Å². The number of benzene rings is 1. The standard InChI is InChI=1S/C24H35N3O4S/c1-9-27(20(21(28)25-16(2)3)18-12-10-17(4)11-13-18)22(29)19(14-15-32-8)26-23(30)31-24(5,6)7/h1,10-13,16,19-20H,14-15H2,2-8H3,(H,25,28)(H,26,30). The van der Waals surface area contributed by atoms with E-state index in [1.807, 2.05) is 39.2 Å². The van der Waals surface area contributed by atoms with Crippen molar-refractivity contribution >= 4 is 29.7 Å². The summed E-state index contributed by atoms with van der Waals surface area (Å²) in [4.78, 5) is 40.0. The maximum Gasteiger partial charge on any atom is 0.408 e. The van der Waals surface area contributed by atoms with Crippen LogP contribution in [0, 0.1) is 19.4 Å². The van der Waals surface area contributed by atoms with Crippen molar-refractivity contribution in [2.75, 3.05) is 12.0 Å². The fourth-order valence-electron chi connectivity index (χ4n) is 2.91. The van der Waals surface area contributed by atoms with Crippen LogP contribution in [0.3, 0.4) is 0 Å². The van der Waals surface area contributed by atoms with Gasteiger partial charge in [0, 0.05) is 12.1 Å². The zero-order chi connectivity index (χ0) is 24.5. The third kappa shape index (κ3) is 8.83. The van der Waals surface area contributed by atoms with Crippen molar-refractivity contribution in [3.8, 4) is 12.5 Å². The third-order valence-corrected chi connectivity index (χ3v) is 4.95. The molecule has 1 aromatic carbocycles. The average molecular weight is 462 g/mol. The molecule has 3 amide bonds. The fourth-order valence-corrected chi connectivity index (χ4v) is 3.38. The van der Waals surface area contributed by atoms with Crippen molar-refractivity contribution in [1.29, 1.82) is 0 Å². The zero-order valence-electron chi connectivity index (χ0n) is 20.0. The maximum atomic E-state index is 13.5.